The lowest BCUT2D eigenvalue weighted by Crippen LogP contribution is -2.28. The summed E-state index contributed by atoms with van der Waals surface area (Å²) in [7, 11) is 0. The van der Waals surface area contributed by atoms with Gasteiger partial charge in [0.25, 0.3) is 0 Å². The minimum Gasteiger partial charge on any atom is -0.366 e. The normalized spacial score (nSPS) is 18.1. The maximum atomic E-state index is 6.16. The number of halogens is 1. The van der Waals surface area contributed by atoms with E-state index >= 15 is 0 Å². The van der Waals surface area contributed by atoms with E-state index in [2.05, 4.69) is 27.5 Å². The molecular weight excluding hydrogens is 260 g/mol. The monoisotopic (exact) mass is 282 g/mol. The van der Waals surface area contributed by atoms with Gasteiger partial charge in [-0.2, -0.15) is 4.98 Å². The van der Waals surface area contributed by atoms with Gasteiger partial charge in [0.05, 0.1) is 6.20 Å². The molecule has 2 N–H and O–H groups in total. The van der Waals surface area contributed by atoms with Gasteiger partial charge in [0.15, 0.2) is 5.82 Å². The molecule has 5 heteroatoms. The lowest BCUT2D eigenvalue weighted by Gasteiger charge is -2.28. The van der Waals surface area contributed by atoms with E-state index in [4.69, 9.17) is 11.6 Å². The fraction of sp³-hybridized carbons (Fsp3) is 0.714. The second-order valence-electron chi connectivity index (χ2n) is 5.25. The smallest absolute Gasteiger partial charge is 0.224 e. The summed E-state index contributed by atoms with van der Waals surface area (Å²) in [6.45, 7) is 5.05. The molecule has 0 aromatic carbocycles. The van der Waals surface area contributed by atoms with E-state index in [0.717, 1.165) is 18.3 Å². The molecule has 0 spiro atoms. The molecule has 1 fully saturated rings. The summed E-state index contributed by atoms with van der Waals surface area (Å²) in [6, 6.07) is 0.405. The first-order chi connectivity index (χ1) is 9.20. The SMILES string of the molecule is CCNc1ncc(Cl)c(NC(C)C2CCCCC2)n1. The summed E-state index contributed by atoms with van der Waals surface area (Å²) in [5.74, 6) is 2.10. The third-order valence-corrected chi connectivity index (χ3v) is 4.08. The summed E-state index contributed by atoms with van der Waals surface area (Å²) < 4.78 is 0. The van der Waals surface area contributed by atoms with Crippen LogP contribution in [0.4, 0.5) is 11.8 Å². The number of anilines is 2. The van der Waals surface area contributed by atoms with Crippen LogP contribution in [0.1, 0.15) is 46.0 Å². The fourth-order valence-corrected chi connectivity index (χ4v) is 2.82. The molecule has 0 saturated heterocycles. The minimum absolute atomic E-state index is 0.405. The Morgan fingerprint density at radius 1 is 1.37 bits per heavy atom. The highest BCUT2D eigenvalue weighted by molar-refractivity contribution is 6.32. The molecule has 0 radical (unpaired) electrons. The Morgan fingerprint density at radius 3 is 2.79 bits per heavy atom. The third-order valence-electron chi connectivity index (χ3n) is 3.80. The van der Waals surface area contributed by atoms with Gasteiger partial charge in [-0.05, 0) is 32.6 Å². The molecule has 1 aliphatic rings. The van der Waals surface area contributed by atoms with Crippen molar-refractivity contribution in [2.75, 3.05) is 17.2 Å². The van der Waals surface area contributed by atoms with Crippen LogP contribution in [0.5, 0.6) is 0 Å². The number of rotatable bonds is 5. The van der Waals surface area contributed by atoms with Crippen molar-refractivity contribution >= 4 is 23.4 Å². The van der Waals surface area contributed by atoms with Gasteiger partial charge >= 0.3 is 0 Å². The zero-order valence-corrected chi connectivity index (χ0v) is 12.5. The van der Waals surface area contributed by atoms with E-state index in [1.807, 2.05) is 6.92 Å². The topological polar surface area (TPSA) is 49.8 Å². The lowest BCUT2D eigenvalue weighted by atomic mass is 9.84. The highest BCUT2D eigenvalue weighted by atomic mass is 35.5. The third kappa shape index (κ3) is 3.96. The summed E-state index contributed by atoms with van der Waals surface area (Å²) in [5.41, 5.74) is 0. The van der Waals surface area contributed by atoms with Crippen molar-refractivity contribution in [3.05, 3.63) is 11.2 Å². The zero-order chi connectivity index (χ0) is 13.7. The van der Waals surface area contributed by atoms with Gasteiger partial charge in [-0.1, -0.05) is 30.9 Å². The van der Waals surface area contributed by atoms with Crippen LogP contribution in [0.2, 0.25) is 5.02 Å². The second kappa shape index (κ2) is 6.94. The maximum absolute atomic E-state index is 6.16. The van der Waals surface area contributed by atoms with Crippen molar-refractivity contribution in [3.63, 3.8) is 0 Å². The summed E-state index contributed by atoms with van der Waals surface area (Å²) >= 11 is 6.16. The average molecular weight is 283 g/mol. The quantitative estimate of drug-likeness (QED) is 0.859. The van der Waals surface area contributed by atoms with E-state index in [9.17, 15) is 0 Å². The maximum Gasteiger partial charge on any atom is 0.224 e. The number of aromatic nitrogens is 2. The van der Waals surface area contributed by atoms with Crippen LogP contribution in [-0.4, -0.2) is 22.6 Å². The van der Waals surface area contributed by atoms with Crippen LogP contribution in [-0.2, 0) is 0 Å². The molecule has 1 aromatic rings. The molecule has 2 rings (SSSR count). The van der Waals surface area contributed by atoms with Crippen molar-refractivity contribution in [2.24, 2.45) is 5.92 Å². The molecule has 1 aliphatic carbocycles. The Labute approximate surface area is 120 Å². The molecule has 0 bridgehead atoms. The van der Waals surface area contributed by atoms with Crippen LogP contribution in [0, 0.1) is 5.92 Å². The molecule has 1 unspecified atom stereocenters. The Hall–Kier alpha value is -1.03. The molecule has 1 atom stereocenters. The van der Waals surface area contributed by atoms with E-state index in [1.165, 1.54) is 32.1 Å². The molecular formula is C14H23ClN4. The molecule has 1 aromatic heterocycles. The largest absolute Gasteiger partial charge is 0.366 e. The Balaban J connectivity index is 2.02. The van der Waals surface area contributed by atoms with Gasteiger partial charge < -0.3 is 10.6 Å². The van der Waals surface area contributed by atoms with Gasteiger partial charge in [-0.25, -0.2) is 4.98 Å². The van der Waals surface area contributed by atoms with Crippen molar-refractivity contribution in [1.82, 2.24) is 9.97 Å². The number of nitrogens with one attached hydrogen (secondary N) is 2. The molecule has 19 heavy (non-hydrogen) atoms. The minimum atomic E-state index is 0.405. The Bertz CT molecular complexity index is 404. The molecule has 0 aliphatic heterocycles. The van der Waals surface area contributed by atoms with Crippen molar-refractivity contribution in [2.45, 2.75) is 52.0 Å². The summed E-state index contributed by atoms with van der Waals surface area (Å²) in [6.07, 6.45) is 8.33. The Morgan fingerprint density at radius 2 is 2.11 bits per heavy atom. The summed E-state index contributed by atoms with van der Waals surface area (Å²) in [4.78, 5) is 8.59. The lowest BCUT2D eigenvalue weighted by molar-refractivity contribution is 0.328. The van der Waals surface area contributed by atoms with Gasteiger partial charge in [0.2, 0.25) is 5.95 Å². The first-order valence-corrected chi connectivity index (χ1v) is 7.61. The van der Waals surface area contributed by atoms with Crippen LogP contribution >= 0.6 is 11.6 Å². The molecule has 4 nitrogen and oxygen atoms in total. The van der Waals surface area contributed by atoms with E-state index < -0.39 is 0 Å². The average Bonchev–Trinajstić information content (AvgIpc) is 2.44. The van der Waals surface area contributed by atoms with Crippen molar-refractivity contribution < 1.29 is 0 Å². The highest BCUT2D eigenvalue weighted by Gasteiger charge is 2.21. The molecule has 1 heterocycles. The second-order valence-corrected chi connectivity index (χ2v) is 5.66. The number of hydrogen-bond donors (Lipinski definition) is 2. The first kappa shape index (κ1) is 14.4. The number of hydrogen-bond acceptors (Lipinski definition) is 4. The van der Waals surface area contributed by atoms with Gasteiger partial charge in [-0.3, -0.25) is 0 Å². The van der Waals surface area contributed by atoms with E-state index in [1.54, 1.807) is 6.20 Å². The predicted molar refractivity (Wildman–Crippen MR) is 80.9 cm³/mol. The highest BCUT2D eigenvalue weighted by Crippen LogP contribution is 2.29. The van der Waals surface area contributed by atoms with Gasteiger partial charge in [-0.15, -0.1) is 0 Å². The first-order valence-electron chi connectivity index (χ1n) is 7.23. The molecule has 1 saturated carbocycles. The van der Waals surface area contributed by atoms with E-state index in [0.29, 0.717) is 17.0 Å². The van der Waals surface area contributed by atoms with Crippen LogP contribution < -0.4 is 10.6 Å². The summed E-state index contributed by atoms with van der Waals surface area (Å²) in [5, 5.41) is 7.15. The van der Waals surface area contributed by atoms with Crippen molar-refractivity contribution in [3.8, 4) is 0 Å². The Kier molecular flexibility index (Phi) is 5.25. The standard InChI is InChI=1S/C14H23ClN4/c1-3-16-14-17-9-12(15)13(19-14)18-10(2)11-7-5-4-6-8-11/h9-11H,3-8H2,1-2H3,(H2,16,17,18,19). The zero-order valence-electron chi connectivity index (χ0n) is 11.7. The van der Waals surface area contributed by atoms with Crippen molar-refractivity contribution in [1.29, 1.82) is 0 Å². The van der Waals surface area contributed by atoms with Crippen LogP contribution in [0.3, 0.4) is 0 Å². The predicted octanol–water partition coefficient (Wildman–Crippen LogP) is 3.94. The van der Waals surface area contributed by atoms with Gasteiger partial charge in [0.1, 0.15) is 5.02 Å². The molecule has 106 valence electrons. The van der Waals surface area contributed by atoms with E-state index in [-0.39, 0.29) is 0 Å². The molecule has 0 amide bonds. The van der Waals surface area contributed by atoms with Crippen LogP contribution in [0.15, 0.2) is 6.20 Å². The van der Waals surface area contributed by atoms with Gasteiger partial charge in [0, 0.05) is 12.6 Å². The fourth-order valence-electron chi connectivity index (χ4n) is 2.68. The number of nitrogens with zero attached hydrogens (tertiary/aromatic N) is 2. The van der Waals surface area contributed by atoms with Crippen LogP contribution in [0.25, 0.3) is 0 Å².